The number of hydrogen-bond donors (Lipinski definition) is 1. The molecule has 2 amide bonds. The fourth-order valence-electron chi connectivity index (χ4n) is 1.99. The molecule has 0 saturated carbocycles. The second-order valence-electron chi connectivity index (χ2n) is 5.20. The molecule has 7 heteroatoms. The van der Waals surface area contributed by atoms with Crippen molar-refractivity contribution in [1.29, 1.82) is 0 Å². The summed E-state index contributed by atoms with van der Waals surface area (Å²) in [5.41, 5.74) is 1.81. The van der Waals surface area contributed by atoms with Gasteiger partial charge in [-0.15, -0.1) is 0 Å². The van der Waals surface area contributed by atoms with Crippen LogP contribution in [0.2, 0.25) is 0 Å². The number of imide groups is 1. The molecule has 1 aromatic rings. The third-order valence-electron chi connectivity index (χ3n) is 3.14. The summed E-state index contributed by atoms with van der Waals surface area (Å²) in [6, 6.07) is 3.45. The van der Waals surface area contributed by atoms with Crippen LogP contribution in [0.5, 0.6) is 17.2 Å². The molecule has 1 aromatic carbocycles. The van der Waals surface area contributed by atoms with E-state index < -0.39 is 5.91 Å². The van der Waals surface area contributed by atoms with Crippen molar-refractivity contribution in [1.82, 2.24) is 5.32 Å². The summed E-state index contributed by atoms with van der Waals surface area (Å²) in [6.45, 7) is 4.36. The summed E-state index contributed by atoms with van der Waals surface area (Å²) in [6.07, 6.45) is 3.55. The molecule has 2 rings (SSSR count). The minimum Gasteiger partial charge on any atom is -0.493 e. The van der Waals surface area contributed by atoms with Gasteiger partial charge in [0, 0.05) is 0 Å². The van der Waals surface area contributed by atoms with E-state index in [-0.39, 0.29) is 5.24 Å². The molecular formula is C17H19NO5S. The Labute approximate surface area is 144 Å². The fourth-order valence-corrected chi connectivity index (χ4v) is 2.67. The highest BCUT2D eigenvalue weighted by molar-refractivity contribution is 8.18. The largest absolute Gasteiger partial charge is 0.493 e. The van der Waals surface area contributed by atoms with E-state index in [0.717, 1.165) is 17.3 Å². The molecule has 1 fully saturated rings. The van der Waals surface area contributed by atoms with Gasteiger partial charge in [-0.1, -0.05) is 5.57 Å². The highest BCUT2D eigenvalue weighted by atomic mass is 32.2. The van der Waals surface area contributed by atoms with Gasteiger partial charge in [0.05, 0.1) is 19.1 Å². The second-order valence-corrected chi connectivity index (χ2v) is 6.21. The van der Waals surface area contributed by atoms with Gasteiger partial charge in [-0.3, -0.25) is 14.9 Å². The van der Waals surface area contributed by atoms with Gasteiger partial charge in [0.1, 0.15) is 6.61 Å². The molecule has 128 valence electrons. The molecular weight excluding hydrogens is 330 g/mol. The molecule has 1 heterocycles. The first-order chi connectivity index (χ1) is 11.4. The van der Waals surface area contributed by atoms with Crippen molar-refractivity contribution in [2.24, 2.45) is 0 Å². The second kappa shape index (κ2) is 7.92. The molecule has 0 aliphatic carbocycles. The van der Waals surface area contributed by atoms with Crippen LogP contribution < -0.4 is 19.5 Å². The molecule has 1 saturated heterocycles. The maximum atomic E-state index is 11.7. The Morgan fingerprint density at radius 2 is 1.79 bits per heavy atom. The standard InChI is InChI=1S/C17H19NO5S/c1-10(2)5-6-23-15-12(21-3)7-11(8-13(15)22-4)9-14-16(19)18-17(20)24-14/h5,7-9H,6H2,1-4H3,(H,18,19,20)/b14-9+. The van der Waals surface area contributed by atoms with Crippen molar-refractivity contribution in [3.63, 3.8) is 0 Å². The third kappa shape index (κ3) is 4.32. The molecule has 0 aromatic heterocycles. The van der Waals surface area contributed by atoms with Crippen LogP contribution in [0.15, 0.2) is 28.7 Å². The number of hydrogen-bond acceptors (Lipinski definition) is 6. The highest BCUT2D eigenvalue weighted by Crippen LogP contribution is 2.40. The summed E-state index contributed by atoms with van der Waals surface area (Å²) in [7, 11) is 3.06. The van der Waals surface area contributed by atoms with Crippen LogP contribution in [-0.2, 0) is 4.79 Å². The number of allylic oxidation sites excluding steroid dienone is 1. The predicted molar refractivity (Wildman–Crippen MR) is 93.6 cm³/mol. The number of carbonyl (C=O) groups excluding carboxylic acids is 2. The van der Waals surface area contributed by atoms with E-state index in [2.05, 4.69) is 5.32 Å². The van der Waals surface area contributed by atoms with E-state index in [1.807, 2.05) is 19.9 Å². The lowest BCUT2D eigenvalue weighted by Crippen LogP contribution is -2.17. The van der Waals surface area contributed by atoms with E-state index in [0.29, 0.717) is 34.3 Å². The van der Waals surface area contributed by atoms with Gasteiger partial charge in [0.25, 0.3) is 11.1 Å². The predicted octanol–water partition coefficient (Wildman–Crippen LogP) is 3.37. The number of amides is 2. The SMILES string of the molecule is COc1cc(/C=C2/SC(=O)NC2=O)cc(OC)c1OCC=C(C)C. The molecule has 0 unspecified atom stereocenters. The maximum absolute atomic E-state index is 11.7. The Balaban J connectivity index is 2.35. The zero-order valence-electron chi connectivity index (χ0n) is 14.0. The molecule has 1 aliphatic heterocycles. The van der Waals surface area contributed by atoms with Crippen LogP contribution in [0.25, 0.3) is 6.08 Å². The Morgan fingerprint density at radius 3 is 2.25 bits per heavy atom. The fraction of sp³-hybridized carbons (Fsp3) is 0.294. The number of methoxy groups -OCH3 is 2. The van der Waals surface area contributed by atoms with Crippen LogP contribution in [0, 0.1) is 0 Å². The van der Waals surface area contributed by atoms with Crippen molar-refractivity contribution in [3.05, 3.63) is 34.3 Å². The minimum absolute atomic E-state index is 0.322. The minimum atomic E-state index is -0.410. The quantitative estimate of drug-likeness (QED) is 0.627. The average molecular weight is 349 g/mol. The Kier molecular flexibility index (Phi) is 5.92. The van der Waals surface area contributed by atoms with Gasteiger partial charge in [-0.25, -0.2) is 0 Å². The van der Waals surface area contributed by atoms with Gasteiger partial charge in [0.2, 0.25) is 5.75 Å². The average Bonchev–Trinajstić information content (AvgIpc) is 2.85. The van der Waals surface area contributed by atoms with E-state index in [1.54, 1.807) is 18.2 Å². The summed E-state index contributed by atoms with van der Waals surface area (Å²) in [5, 5.41) is 1.83. The van der Waals surface area contributed by atoms with Gasteiger partial charge in [-0.2, -0.15) is 0 Å². The summed E-state index contributed by atoms with van der Waals surface area (Å²) in [5.74, 6) is 1.04. The van der Waals surface area contributed by atoms with Crippen LogP contribution in [0.1, 0.15) is 19.4 Å². The monoisotopic (exact) mass is 349 g/mol. The molecule has 0 radical (unpaired) electrons. The van der Waals surface area contributed by atoms with Gasteiger partial charge in [0.15, 0.2) is 11.5 Å². The number of nitrogens with one attached hydrogen (secondary N) is 1. The summed E-state index contributed by atoms with van der Waals surface area (Å²) in [4.78, 5) is 23.2. The van der Waals surface area contributed by atoms with Crippen molar-refractivity contribution in [3.8, 4) is 17.2 Å². The first-order valence-electron chi connectivity index (χ1n) is 7.21. The Morgan fingerprint density at radius 1 is 1.17 bits per heavy atom. The lowest BCUT2D eigenvalue weighted by molar-refractivity contribution is -0.115. The topological polar surface area (TPSA) is 73.9 Å². The number of ether oxygens (including phenoxy) is 3. The first-order valence-corrected chi connectivity index (χ1v) is 8.03. The van der Waals surface area contributed by atoms with Crippen LogP contribution >= 0.6 is 11.8 Å². The molecule has 0 atom stereocenters. The Hall–Kier alpha value is -2.41. The molecule has 0 bridgehead atoms. The highest BCUT2D eigenvalue weighted by Gasteiger charge is 2.25. The van der Waals surface area contributed by atoms with Crippen LogP contribution in [0.4, 0.5) is 4.79 Å². The van der Waals surface area contributed by atoms with Crippen molar-refractivity contribution in [2.45, 2.75) is 13.8 Å². The summed E-state index contributed by atoms with van der Waals surface area (Å²) >= 11 is 0.858. The molecule has 24 heavy (non-hydrogen) atoms. The zero-order valence-corrected chi connectivity index (χ0v) is 14.8. The van der Waals surface area contributed by atoms with Crippen molar-refractivity contribution < 1.29 is 23.8 Å². The lowest BCUT2D eigenvalue weighted by Gasteiger charge is -2.14. The first kappa shape index (κ1) is 17.9. The lowest BCUT2D eigenvalue weighted by atomic mass is 10.1. The van der Waals surface area contributed by atoms with E-state index in [9.17, 15) is 9.59 Å². The smallest absolute Gasteiger partial charge is 0.290 e. The summed E-state index contributed by atoms with van der Waals surface area (Å²) < 4.78 is 16.5. The Bertz CT molecular complexity index is 695. The van der Waals surface area contributed by atoms with Gasteiger partial charge >= 0.3 is 0 Å². The van der Waals surface area contributed by atoms with Crippen LogP contribution in [0.3, 0.4) is 0 Å². The number of thioether (sulfide) groups is 1. The molecule has 1 aliphatic rings. The number of rotatable bonds is 6. The van der Waals surface area contributed by atoms with Gasteiger partial charge < -0.3 is 14.2 Å². The van der Waals surface area contributed by atoms with E-state index in [4.69, 9.17) is 14.2 Å². The number of carbonyl (C=O) groups is 2. The zero-order chi connectivity index (χ0) is 17.7. The third-order valence-corrected chi connectivity index (χ3v) is 3.95. The van der Waals surface area contributed by atoms with Gasteiger partial charge in [-0.05, 0) is 55.5 Å². The number of benzene rings is 1. The van der Waals surface area contributed by atoms with E-state index in [1.165, 1.54) is 14.2 Å². The normalized spacial score (nSPS) is 15.2. The van der Waals surface area contributed by atoms with Crippen molar-refractivity contribution >= 4 is 29.0 Å². The molecule has 1 N–H and O–H groups in total. The maximum Gasteiger partial charge on any atom is 0.290 e. The molecule has 6 nitrogen and oxygen atoms in total. The van der Waals surface area contributed by atoms with Crippen LogP contribution in [-0.4, -0.2) is 32.0 Å². The van der Waals surface area contributed by atoms with Crippen molar-refractivity contribution in [2.75, 3.05) is 20.8 Å². The van der Waals surface area contributed by atoms with E-state index >= 15 is 0 Å². The molecule has 0 spiro atoms.